The number of phenols is 1. The molecule has 3 aromatic rings. The fraction of sp³-hybridized carbons (Fsp3) is 0.316. The number of ether oxygens (including phenoxy) is 1. The van der Waals surface area contributed by atoms with Crippen LogP contribution in [0.5, 0.6) is 11.5 Å². The summed E-state index contributed by atoms with van der Waals surface area (Å²) in [6.45, 7) is 1.50. The van der Waals surface area contributed by atoms with E-state index >= 15 is 0 Å². The van der Waals surface area contributed by atoms with E-state index in [2.05, 4.69) is 20.0 Å². The smallest absolute Gasteiger partial charge is 0.244 e. The van der Waals surface area contributed by atoms with Gasteiger partial charge in [0.15, 0.2) is 11.5 Å². The third kappa shape index (κ3) is 3.13. The maximum Gasteiger partial charge on any atom is 0.244 e. The highest BCUT2D eigenvalue weighted by molar-refractivity contribution is 5.47. The summed E-state index contributed by atoms with van der Waals surface area (Å²) in [6, 6.07) is 11.2. The van der Waals surface area contributed by atoms with Gasteiger partial charge in [-0.3, -0.25) is 9.88 Å². The molecule has 1 saturated heterocycles. The first-order chi connectivity index (χ1) is 12.8. The Morgan fingerprint density at radius 1 is 1.27 bits per heavy atom. The molecule has 134 valence electrons. The third-order valence-corrected chi connectivity index (χ3v) is 4.66. The number of likely N-dealkylation sites (tertiary alicyclic amines) is 1. The van der Waals surface area contributed by atoms with Gasteiger partial charge in [-0.2, -0.15) is 4.98 Å². The van der Waals surface area contributed by atoms with Crippen LogP contribution in [0.3, 0.4) is 0 Å². The molecule has 1 aromatic carbocycles. The van der Waals surface area contributed by atoms with Crippen molar-refractivity contribution < 1.29 is 14.4 Å². The van der Waals surface area contributed by atoms with Gasteiger partial charge in [0.05, 0.1) is 13.2 Å². The minimum Gasteiger partial charge on any atom is -0.504 e. The average Bonchev–Trinajstić information content (AvgIpc) is 3.33. The van der Waals surface area contributed by atoms with Gasteiger partial charge < -0.3 is 14.4 Å². The number of rotatable bonds is 5. The summed E-state index contributed by atoms with van der Waals surface area (Å²) in [5.41, 5.74) is 1.51. The summed E-state index contributed by atoms with van der Waals surface area (Å²) >= 11 is 0. The summed E-state index contributed by atoms with van der Waals surface area (Å²) in [6.07, 6.45) is 3.68. The lowest BCUT2D eigenvalue weighted by atomic mass is 10.1. The minimum atomic E-state index is 0.0329. The number of aromatic nitrogens is 3. The number of benzene rings is 1. The Morgan fingerprint density at radius 2 is 2.19 bits per heavy atom. The van der Waals surface area contributed by atoms with E-state index < -0.39 is 0 Å². The molecule has 1 atom stereocenters. The predicted octanol–water partition coefficient (Wildman–Crippen LogP) is 3.18. The van der Waals surface area contributed by atoms with Crippen LogP contribution in [0, 0.1) is 0 Å². The Kier molecular flexibility index (Phi) is 4.53. The van der Waals surface area contributed by atoms with Crippen molar-refractivity contribution in [2.45, 2.75) is 25.4 Å². The summed E-state index contributed by atoms with van der Waals surface area (Å²) < 4.78 is 10.7. The number of hydrogen-bond donors (Lipinski definition) is 1. The van der Waals surface area contributed by atoms with Crippen LogP contribution < -0.4 is 4.74 Å². The molecule has 7 heteroatoms. The topological polar surface area (TPSA) is 84.5 Å². The molecule has 4 rings (SSSR count). The zero-order valence-corrected chi connectivity index (χ0v) is 14.5. The second-order valence-electron chi connectivity index (χ2n) is 6.27. The van der Waals surface area contributed by atoms with Crippen LogP contribution in [0.15, 0.2) is 47.1 Å². The molecule has 0 bridgehead atoms. The van der Waals surface area contributed by atoms with E-state index in [1.54, 1.807) is 19.4 Å². The molecule has 0 spiro atoms. The van der Waals surface area contributed by atoms with E-state index in [-0.39, 0.29) is 11.8 Å². The molecule has 1 fully saturated rings. The Morgan fingerprint density at radius 3 is 3.00 bits per heavy atom. The second-order valence-corrected chi connectivity index (χ2v) is 6.27. The van der Waals surface area contributed by atoms with E-state index in [1.807, 2.05) is 30.3 Å². The van der Waals surface area contributed by atoms with E-state index in [0.29, 0.717) is 29.7 Å². The van der Waals surface area contributed by atoms with Crippen molar-refractivity contribution in [3.63, 3.8) is 0 Å². The Balaban J connectivity index is 1.55. The van der Waals surface area contributed by atoms with Gasteiger partial charge in [-0.25, -0.2) is 0 Å². The molecule has 1 aliphatic heterocycles. The maximum atomic E-state index is 10.3. The summed E-state index contributed by atoms with van der Waals surface area (Å²) in [5, 5.41) is 14.4. The predicted molar refractivity (Wildman–Crippen MR) is 94.6 cm³/mol. The number of para-hydroxylation sites is 1. The molecule has 0 radical (unpaired) electrons. The zero-order chi connectivity index (χ0) is 17.9. The van der Waals surface area contributed by atoms with Crippen LogP contribution in [0.1, 0.15) is 30.3 Å². The van der Waals surface area contributed by atoms with Crippen LogP contribution in [-0.2, 0) is 6.54 Å². The number of aromatic hydroxyl groups is 1. The number of pyridine rings is 1. The van der Waals surface area contributed by atoms with Gasteiger partial charge in [-0.05, 0) is 37.6 Å². The molecule has 7 nitrogen and oxygen atoms in total. The van der Waals surface area contributed by atoms with Crippen LogP contribution in [-0.4, -0.2) is 38.8 Å². The largest absolute Gasteiger partial charge is 0.504 e. The van der Waals surface area contributed by atoms with Gasteiger partial charge in [0.25, 0.3) is 0 Å². The van der Waals surface area contributed by atoms with Crippen LogP contribution >= 0.6 is 0 Å². The van der Waals surface area contributed by atoms with Crippen LogP contribution in [0.2, 0.25) is 0 Å². The third-order valence-electron chi connectivity index (χ3n) is 4.66. The number of methoxy groups -OCH3 is 1. The summed E-state index contributed by atoms with van der Waals surface area (Å²) in [7, 11) is 1.55. The van der Waals surface area contributed by atoms with Crippen molar-refractivity contribution >= 4 is 0 Å². The molecular formula is C19H20N4O3. The lowest BCUT2D eigenvalue weighted by molar-refractivity contribution is 0.199. The van der Waals surface area contributed by atoms with Crippen LogP contribution in [0.4, 0.5) is 0 Å². The molecular weight excluding hydrogens is 332 g/mol. The SMILES string of the molecule is COc1cccc(CN2CCC[C@H]2c2nc(-c3ccccn3)no2)c1O. The van der Waals surface area contributed by atoms with Crippen molar-refractivity contribution in [2.24, 2.45) is 0 Å². The first kappa shape index (κ1) is 16.5. The lowest BCUT2D eigenvalue weighted by Crippen LogP contribution is -2.23. The fourth-order valence-electron chi connectivity index (χ4n) is 3.34. The molecule has 1 aliphatic rings. The Hall–Kier alpha value is -2.93. The quantitative estimate of drug-likeness (QED) is 0.755. The van der Waals surface area contributed by atoms with Gasteiger partial charge in [0.1, 0.15) is 5.69 Å². The number of phenolic OH excluding ortho intramolecular Hbond substituents is 1. The van der Waals surface area contributed by atoms with Gasteiger partial charge in [0, 0.05) is 18.3 Å². The van der Waals surface area contributed by atoms with E-state index in [4.69, 9.17) is 9.26 Å². The normalized spacial score (nSPS) is 17.5. The van der Waals surface area contributed by atoms with Gasteiger partial charge in [-0.1, -0.05) is 23.4 Å². The van der Waals surface area contributed by atoms with E-state index in [0.717, 1.165) is 24.9 Å². The molecule has 0 aliphatic carbocycles. The second kappa shape index (κ2) is 7.13. The highest BCUT2D eigenvalue weighted by atomic mass is 16.5. The van der Waals surface area contributed by atoms with E-state index in [9.17, 15) is 5.11 Å². The van der Waals surface area contributed by atoms with E-state index in [1.165, 1.54) is 0 Å². The van der Waals surface area contributed by atoms with Gasteiger partial charge in [0.2, 0.25) is 11.7 Å². The highest BCUT2D eigenvalue weighted by Gasteiger charge is 2.31. The first-order valence-electron chi connectivity index (χ1n) is 8.60. The molecule has 1 N–H and O–H groups in total. The van der Waals surface area contributed by atoms with Gasteiger partial charge in [-0.15, -0.1) is 0 Å². The van der Waals surface area contributed by atoms with Crippen molar-refractivity contribution in [3.05, 3.63) is 54.0 Å². The Labute approximate surface area is 151 Å². The summed E-state index contributed by atoms with van der Waals surface area (Å²) in [4.78, 5) is 11.0. The molecule has 0 amide bonds. The van der Waals surface area contributed by atoms with Crippen molar-refractivity contribution in [1.29, 1.82) is 0 Å². The van der Waals surface area contributed by atoms with Crippen LogP contribution in [0.25, 0.3) is 11.5 Å². The number of nitrogens with zero attached hydrogens (tertiary/aromatic N) is 4. The van der Waals surface area contributed by atoms with Crippen molar-refractivity contribution in [1.82, 2.24) is 20.0 Å². The highest BCUT2D eigenvalue weighted by Crippen LogP contribution is 2.36. The molecule has 3 heterocycles. The number of hydrogen-bond acceptors (Lipinski definition) is 7. The van der Waals surface area contributed by atoms with Crippen molar-refractivity contribution in [3.8, 4) is 23.0 Å². The van der Waals surface area contributed by atoms with Crippen molar-refractivity contribution in [2.75, 3.05) is 13.7 Å². The fourth-order valence-corrected chi connectivity index (χ4v) is 3.34. The molecule has 0 saturated carbocycles. The van der Waals surface area contributed by atoms with Gasteiger partial charge >= 0.3 is 0 Å². The molecule has 2 aromatic heterocycles. The standard InChI is InChI=1S/C19H20N4O3/c1-25-16-9-4-6-13(17(16)24)12-23-11-5-8-15(23)19-21-18(22-26-19)14-7-2-3-10-20-14/h2-4,6-7,9-10,15,24H,5,8,11-12H2,1H3/t15-/m0/s1. The summed E-state index contributed by atoms with van der Waals surface area (Å²) in [5.74, 6) is 1.75. The average molecular weight is 352 g/mol. The molecule has 0 unspecified atom stereocenters. The first-order valence-corrected chi connectivity index (χ1v) is 8.60. The minimum absolute atomic E-state index is 0.0329. The molecule has 26 heavy (non-hydrogen) atoms. The lowest BCUT2D eigenvalue weighted by Gasteiger charge is -2.22. The monoisotopic (exact) mass is 352 g/mol. The maximum absolute atomic E-state index is 10.3. The Bertz CT molecular complexity index is 882. The zero-order valence-electron chi connectivity index (χ0n) is 14.5.